The third-order valence-corrected chi connectivity index (χ3v) is 4.20. The predicted octanol–water partition coefficient (Wildman–Crippen LogP) is 1.54. The number of rotatable bonds is 5. The van der Waals surface area contributed by atoms with Crippen LogP contribution in [0, 0.1) is 5.92 Å². The Morgan fingerprint density at radius 2 is 1.64 bits per heavy atom. The van der Waals surface area contributed by atoms with Crippen molar-refractivity contribution in [3.05, 3.63) is 30.3 Å². The maximum absolute atomic E-state index is 12.2. The van der Waals surface area contributed by atoms with Gasteiger partial charge in [-0.3, -0.25) is 9.59 Å². The molecule has 1 aliphatic heterocycles. The van der Waals surface area contributed by atoms with Gasteiger partial charge in [0, 0.05) is 32.1 Å². The number of benzene rings is 1. The zero-order chi connectivity index (χ0) is 15.4. The number of piperazine rings is 1. The average Bonchev–Trinajstić information content (AvgIpc) is 3.40. The Bertz CT molecular complexity index is 520. The Kier molecular flexibility index (Phi) is 4.61. The first-order valence-corrected chi connectivity index (χ1v) is 7.98. The van der Waals surface area contributed by atoms with E-state index in [1.807, 2.05) is 40.1 Å². The van der Waals surface area contributed by atoms with E-state index in [4.69, 9.17) is 4.74 Å². The average molecular weight is 302 g/mol. The number of ether oxygens (including phenoxy) is 1. The molecular formula is C17H22N2O3. The molecule has 0 radical (unpaired) electrons. The summed E-state index contributed by atoms with van der Waals surface area (Å²) < 4.78 is 5.55. The molecule has 0 atom stereocenters. The van der Waals surface area contributed by atoms with Gasteiger partial charge in [-0.1, -0.05) is 18.2 Å². The molecule has 1 heterocycles. The van der Waals surface area contributed by atoms with Gasteiger partial charge < -0.3 is 14.5 Å². The van der Waals surface area contributed by atoms with Gasteiger partial charge in [0.25, 0.3) is 0 Å². The fourth-order valence-electron chi connectivity index (χ4n) is 2.70. The van der Waals surface area contributed by atoms with Crippen LogP contribution in [0.5, 0.6) is 5.75 Å². The van der Waals surface area contributed by atoms with Gasteiger partial charge in [-0.05, 0) is 25.0 Å². The fourth-order valence-corrected chi connectivity index (χ4v) is 2.70. The van der Waals surface area contributed by atoms with E-state index in [0.717, 1.165) is 18.6 Å². The molecule has 0 spiro atoms. The minimum atomic E-state index is 0.106. The molecule has 22 heavy (non-hydrogen) atoms. The molecule has 1 saturated heterocycles. The largest absolute Gasteiger partial charge is 0.493 e. The molecule has 1 aliphatic carbocycles. The van der Waals surface area contributed by atoms with Crippen LogP contribution >= 0.6 is 0 Å². The summed E-state index contributed by atoms with van der Waals surface area (Å²) in [6.07, 6.45) is 2.45. The number of nitrogens with zero attached hydrogens (tertiary/aromatic N) is 2. The quantitative estimate of drug-likeness (QED) is 0.829. The lowest BCUT2D eigenvalue weighted by molar-refractivity contribution is -0.140. The summed E-state index contributed by atoms with van der Waals surface area (Å²) >= 11 is 0. The molecule has 0 bridgehead atoms. The van der Waals surface area contributed by atoms with Crippen LogP contribution in [0.3, 0.4) is 0 Å². The predicted molar refractivity (Wildman–Crippen MR) is 82.4 cm³/mol. The Hall–Kier alpha value is -2.04. The SMILES string of the molecule is O=C(CCOc1ccccc1)N1CCN(C(=O)C2CC2)CC1. The number of amides is 2. The first kappa shape index (κ1) is 14.9. The van der Waals surface area contributed by atoms with E-state index in [-0.39, 0.29) is 17.7 Å². The Morgan fingerprint density at radius 1 is 1.00 bits per heavy atom. The van der Waals surface area contributed by atoms with Gasteiger partial charge >= 0.3 is 0 Å². The lowest BCUT2D eigenvalue weighted by Crippen LogP contribution is -2.51. The summed E-state index contributed by atoms with van der Waals surface area (Å²) in [4.78, 5) is 27.9. The summed E-state index contributed by atoms with van der Waals surface area (Å²) in [6, 6.07) is 9.51. The molecule has 2 aliphatic rings. The van der Waals surface area contributed by atoms with Crippen LogP contribution in [0.2, 0.25) is 0 Å². The third-order valence-electron chi connectivity index (χ3n) is 4.20. The van der Waals surface area contributed by atoms with E-state index >= 15 is 0 Å². The summed E-state index contributed by atoms with van der Waals surface area (Å²) in [5, 5.41) is 0. The molecular weight excluding hydrogens is 280 g/mol. The maximum atomic E-state index is 12.2. The minimum absolute atomic E-state index is 0.106. The van der Waals surface area contributed by atoms with Crippen LogP contribution < -0.4 is 4.74 Å². The standard InChI is InChI=1S/C17H22N2O3/c20-16(8-13-22-15-4-2-1-3-5-15)18-9-11-19(12-10-18)17(21)14-6-7-14/h1-5,14H,6-13H2. The molecule has 0 unspecified atom stereocenters. The third kappa shape index (κ3) is 3.78. The summed E-state index contributed by atoms with van der Waals surface area (Å²) in [5.74, 6) is 1.44. The van der Waals surface area contributed by atoms with Crippen molar-refractivity contribution in [2.24, 2.45) is 5.92 Å². The Morgan fingerprint density at radius 3 is 2.27 bits per heavy atom. The van der Waals surface area contributed by atoms with Crippen molar-refractivity contribution in [3.63, 3.8) is 0 Å². The lowest BCUT2D eigenvalue weighted by atomic mass is 10.2. The van der Waals surface area contributed by atoms with Gasteiger partial charge in [-0.2, -0.15) is 0 Å². The van der Waals surface area contributed by atoms with Crippen molar-refractivity contribution in [1.29, 1.82) is 0 Å². The molecule has 1 aromatic carbocycles. The zero-order valence-corrected chi connectivity index (χ0v) is 12.7. The van der Waals surface area contributed by atoms with Crippen LogP contribution in [-0.2, 0) is 9.59 Å². The van der Waals surface area contributed by atoms with Gasteiger partial charge in [0.15, 0.2) is 0 Å². The summed E-state index contributed by atoms with van der Waals surface area (Å²) in [6.45, 7) is 3.01. The molecule has 3 rings (SSSR count). The normalized spacial score (nSPS) is 18.2. The van der Waals surface area contributed by atoms with E-state index in [1.54, 1.807) is 0 Å². The Balaban J connectivity index is 1.37. The first-order valence-electron chi connectivity index (χ1n) is 7.98. The van der Waals surface area contributed by atoms with E-state index in [1.165, 1.54) is 0 Å². The first-order chi connectivity index (χ1) is 10.7. The van der Waals surface area contributed by atoms with Gasteiger partial charge in [0.1, 0.15) is 5.75 Å². The van der Waals surface area contributed by atoms with E-state index in [0.29, 0.717) is 39.2 Å². The van der Waals surface area contributed by atoms with Gasteiger partial charge in [-0.25, -0.2) is 0 Å². The summed E-state index contributed by atoms with van der Waals surface area (Å²) in [7, 11) is 0. The van der Waals surface area contributed by atoms with Crippen molar-refractivity contribution >= 4 is 11.8 Å². The molecule has 5 nitrogen and oxygen atoms in total. The molecule has 1 saturated carbocycles. The van der Waals surface area contributed by atoms with Crippen molar-refractivity contribution in [1.82, 2.24) is 9.80 Å². The highest BCUT2D eigenvalue weighted by Gasteiger charge is 2.35. The highest BCUT2D eigenvalue weighted by Crippen LogP contribution is 2.31. The molecule has 2 amide bonds. The maximum Gasteiger partial charge on any atom is 0.226 e. The van der Waals surface area contributed by atoms with Crippen molar-refractivity contribution in [2.75, 3.05) is 32.8 Å². The second-order valence-corrected chi connectivity index (χ2v) is 5.89. The van der Waals surface area contributed by atoms with Gasteiger partial charge in [0.05, 0.1) is 13.0 Å². The van der Waals surface area contributed by atoms with Crippen LogP contribution in [-0.4, -0.2) is 54.4 Å². The van der Waals surface area contributed by atoms with E-state index < -0.39 is 0 Å². The van der Waals surface area contributed by atoms with Crippen LogP contribution in [0.15, 0.2) is 30.3 Å². The Labute approximate surface area is 130 Å². The van der Waals surface area contributed by atoms with Crippen LogP contribution in [0.1, 0.15) is 19.3 Å². The zero-order valence-electron chi connectivity index (χ0n) is 12.7. The van der Waals surface area contributed by atoms with Gasteiger partial charge in [-0.15, -0.1) is 0 Å². The fraction of sp³-hybridized carbons (Fsp3) is 0.529. The highest BCUT2D eigenvalue weighted by atomic mass is 16.5. The second-order valence-electron chi connectivity index (χ2n) is 5.89. The number of para-hydroxylation sites is 1. The molecule has 1 aromatic rings. The topological polar surface area (TPSA) is 49.9 Å². The molecule has 0 aromatic heterocycles. The molecule has 5 heteroatoms. The van der Waals surface area contributed by atoms with E-state index in [9.17, 15) is 9.59 Å². The second kappa shape index (κ2) is 6.81. The monoisotopic (exact) mass is 302 g/mol. The van der Waals surface area contributed by atoms with Crippen molar-refractivity contribution in [2.45, 2.75) is 19.3 Å². The highest BCUT2D eigenvalue weighted by molar-refractivity contribution is 5.81. The molecule has 118 valence electrons. The number of carbonyl (C=O) groups is 2. The number of carbonyl (C=O) groups excluding carboxylic acids is 2. The smallest absolute Gasteiger partial charge is 0.226 e. The van der Waals surface area contributed by atoms with Crippen molar-refractivity contribution in [3.8, 4) is 5.75 Å². The number of hydrogen-bond donors (Lipinski definition) is 0. The van der Waals surface area contributed by atoms with Crippen molar-refractivity contribution < 1.29 is 14.3 Å². The van der Waals surface area contributed by atoms with E-state index in [2.05, 4.69) is 0 Å². The minimum Gasteiger partial charge on any atom is -0.493 e. The molecule has 0 N–H and O–H groups in total. The van der Waals surface area contributed by atoms with Crippen LogP contribution in [0.25, 0.3) is 0 Å². The lowest BCUT2D eigenvalue weighted by Gasteiger charge is -2.35. The van der Waals surface area contributed by atoms with Crippen LogP contribution in [0.4, 0.5) is 0 Å². The molecule has 2 fully saturated rings. The van der Waals surface area contributed by atoms with Gasteiger partial charge in [0.2, 0.25) is 11.8 Å². The number of hydrogen-bond acceptors (Lipinski definition) is 3. The summed E-state index contributed by atoms with van der Waals surface area (Å²) in [5.41, 5.74) is 0.